The lowest BCUT2D eigenvalue weighted by Gasteiger charge is -2.55. The van der Waals surface area contributed by atoms with Crippen molar-refractivity contribution in [2.45, 2.75) is 38.5 Å². The second-order valence-corrected chi connectivity index (χ2v) is 7.30. The number of nitro groups is 1. The molecule has 1 aromatic rings. The molecule has 1 aromatic carbocycles. The third kappa shape index (κ3) is 1.92. The van der Waals surface area contributed by atoms with E-state index in [4.69, 9.17) is 0 Å². The van der Waals surface area contributed by atoms with E-state index in [2.05, 4.69) is 0 Å². The number of para-hydroxylation sites is 1. The summed E-state index contributed by atoms with van der Waals surface area (Å²) in [4.78, 5) is 23.9. The molecule has 4 nitrogen and oxygen atoms in total. The Hall–Kier alpha value is -1.71. The van der Waals surface area contributed by atoms with Gasteiger partial charge in [0.1, 0.15) is 0 Å². The van der Waals surface area contributed by atoms with Crippen LogP contribution in [0.3, 0.4) is 0 Å². The van der Waals surface area contributed by atoms with Crippen LogP contribution in [0.25, 0.3) is 0 Å². The zero-order chi connectivity index (χ0) is 14.6. The summed E-state index contributed by atoms with van der Waals surface area (Å²) in [6.07, 6.45) is 6.65. The van der Waals surface area contributed by atoms with Crippen LogP contribution in [-0.2, 0) is 0 Å². The van der Waals surface area contributed by atoms with Gasteiger partial charge in [-0.1, -0.05) is 12.1 Å². The van der Waals surface area contributed by atoms with Crippen LogP contribution < -0.4 is 0 Å². The molecule has 110 valence electrons. The highest BCUT2D eigenvalue weighted by Crippen LogP contribution is 2.61. The average Bonchev–Trinajstić information content (AvgIpc) is 2.45. The molecule has 4 heteroatoms. The van der Waals surface area contributed by atoms with Gasteiger partial charge in [0.15, 0.2) is 5.78 Å². The van der Waals surface area contributed by atoms with Crippen molar-refractivity contribution in [1.29, 1.82) is 0 Å². The van der Waals surface area contributed by atoms with Gasteiger partial charge in [-0.15, -0.1) is 0 Å². The molecule has 21 heavy (non-hydrogen) atoms. The molecule has 0 unspecified atom stereocenters. The highest BCUT2D eigenvalue weighted by Gasteiger charge is 2.55. The van der Waals surface area contributed by atoms with E-state index in [-0.39, 0.29) is 16.9 Å². The van der Waals surface area contributed by atoms with Gasteiger partial charge in [0.2, 0.25) is 0 Å². The lowest BCUT2D eigenvalue weighted by atomic mass is 9.48. The maximum absolute atomic E-state index is 13.1. The van der Waals surface area contributed by atoms with Gasteiger partial charge >= 0.3 is 0 Å². The van der Waals surface area contributed by atoms with Gasteiger partial charge < -0.3 is 0 Å². The molecule has 4 fully saturated rings. The molecule has 4 aliphatic carbocycles. The van der Waals surface area contributed by atoms with Crippen molar-refractivity contribution in [3.05, 3.63) is 39.9 Å². The number of Topliss-reactive ketones (excluding diaryl/α,β-unsaturated/α-hetero) is 1. The van der Waals surface area contributed by atoms with Crippen LogP contribution in [-0.4, -0.2) is 10.7 Å². The van der Waals surface area contributed by atoms with E-state index >= 15 is 0 Å². The first-order valence-corrected chi connectivity index (χ1v) is 7.86. The van der Waals surface area contributed by atoms with Crippen LogP contribution >= 0.6 is 0 Å². The molecule has 0 amide bonds. The van der Waals surface area contributed by atoms with E-state index in [0.717, 1.165) is 19.3 Å². The van der Waals surface area contributed by atoms with E-state index < -0.39 is 4.92 Å². The molecule has 5 rings (SSSR count). The lowest BCUT2D eigenvalue weighted by molar-refractivity contribution is -0.385. The Bertz CT molecular complexity index is 587. The Morgan fingerprint density at radius 1 is 1.05 bits per heavy atom. The monoisotopic (exact) mass is 285 g/mol. The van der Waals surface area contributed by atoms with Gasteiger partial charge in [-0.25, -0.2) is 0 Å². The molecule has 4 bridgehead atoms. The molecule has 0 radical (unpaired) electrons. The first-order valence-electron chi connectivity index (χ1n) is 7.86. The number of ketones is 1. The molecule has 0 heterocycles. The first-order chi connectivity index (χ1) is 10.1. The molecule has 0 spiro atoms. The van der Waals surface area contributed by atoms with E-state index in [1.165, 1.54) is 25.3 Å². The largest absolute Gasteiger partial charge is 0.293 e. The zero-order valence-corrected chi connectivity index (χ0v) is 12.0. The second kappa shape index (κ2) is 4.39. The van der Waals surface area contributed by atoms with Crippen LogP contribution in [0.2, 0.25) is 0 Å². The molecule has 0 atom stereocenters. The van der Waals surface area contributed by atoms with E-state index in [0.29, 0.717) is 23.3 Å². The summed E-state index contributed by atoms with van der Waals surface area (Å²) in [6, 6.07) is 6.46. The van der Waals surface area contributed by atoms with Gasteiger partial charge in [0.05, 0.1) is 10.5 Å². The summed E-state index contributed by atoms with van der Waals surface area (Å²) >= 11 is 0. The minimum atomic E-state index is -0.423. The molecule has 4 aliphatic rings. The number of hydrogen-bond donors (Lipinski definition) is 0. The number of rotatable bonds is 3. The second-order valence-electron chi connectivity index (χ2n) is 7.30. The van der Waals surface area contributed by atoms with Crippen molar-refractivity contribution in [3.8, 4) is 0 Å². The standard InChI is InChI=1S/C17H19NO3/c19-16(14-3-1-2-4-15(14)18(20)21)17-8-11-5-12(9-17)7-13(6-11)10-17/h1-4,11-13H,5-10H2. The number of benzene rings is 1. The third-order valence-electron chi connectivity index (χ3n) is 5.87. The molecule has 0 aliphatic heterocycles. The SMILES string of the molecule is O=C(c1ccccc1[N+](=O)[O-])C12CC3CC(CC(C3)C1)C2. The summed E-state index contributed by atoms with van der Waals surface area (Å²) < 4.78 is 0. The van der Waals surface area contributed by atoms with Crippen LogP contribution in [0, 0.1) is 33.3 Å². The fourth-order valence-electron chi connectivity index (χ4n) is 5.50. The Morgan fingerprint density at radius 2 is 1.57 bits per heavy atom. The van der Waals surface area contributed by atoms with Crippen LogP contribution in [0.4, 0.5) is 5.69 Å². The smallest absolute Gasteiger partial charge is 0.280 e. The fraction of sp³-hybridized carbons (Fsp3) is 0.588. The summed E-state index contributed by atoms with van der Waals surface area (Å²) in [7, 11) is 0. The Labute approximate surface area is 123 Å². The number of carbonyl (C=O) groups excluding carboxylic acids is 1. The number of hydrogen-bond acceptors (Lipinski definition) is 3. The Balaban J connectivity index is 1.74. The zero-order valence-electron chi connectivity index (χ0n) is 12.0. The quantitative estimate of drug-likeness (QED) is 0.479. The van der Waals surface area contributed by atoms with Crippen LogP contribution in [0.15, 0.2) is 24.3 Å². The Morgan fingerprint density at radius 3 is 2.10 bits per heavy atom. The normalized spacial score (nSPS) is 36.7. The number of nitro benzene ring substituents is 1. The van der Waals surface area contributed by atoms with E-state index in [1.54, 1.807) is 18.2 Å². The van der Waals surface area contributed by atoms with Crippen molar-refractivity contribution in [1.82, 2.24) is 0 Å². The van der Waals surface area contributed by atoms with Crippen molar-refractivity contribution in [2.75, 3.05) is 0 Å². The van der Waals surface area contributed by atoms with Crippen molar-refractivity contribution >= 4 is 11.5 Å². The van der Waals surface area contributed by atoms with E-state index in [9.17, 15) is 14.9 Å². The number of carbonyl (C=O) groups is 1. The summed E-state index contributed by atoms with van der Waals surface area (Å²) in [5, 5.41) is 11.2. The topological polar surface area (TPSA) is 60.2 Å². The highest BCUT2D eigenvalue weighted by atomic mass is 16.6. The average molecular weight is 285 g/mol. The van der Waals surface area contributed by atoms with Crippen LogP contribution in [0.5, 0.6) is 0 Å². The van der Waals surface area contributed by atoms with Crippen molar-refractivity contribution < 1.29 is 9.72 Å². The summed E-state index contributed by atoms with van der Waals surface area (Å²) in [6.45, 7) is 0. The van der Waals surface area contributed by atoms with Gasteiger partial charge in [-0.05, 0) is 62.3 Å². The minimum Gasteiger partial charge on any atom is -0.293 e. The van der Waals surface area contributed by atoms with Gasteiger partial charge in [0.25, 0.3) is 5.69 Å². The van der Waals surface area contributed by atoms with Crippen molar-refractivity contribution in [2.24, 2.45) is 23.2 Å². The molecule has 0 N–H and O–H groups in total. The molecular weight excluding hydrogens is 266 g/mol. The molecule has 0 aromatic heterocycles. The lowest BCUT2D eigenvalue weighted by Crippen LogP contribution is -2.50. The number of nitrogens with zero attached hydrogens (tertiary/aromatic N) is 1. The molecular formula is C17H19NO3. The third-order valence-corrected chi connectivity index (χ3v) is 5.87. The van der Waals surface area contributed by atoms with Gasteiger partial charge in [0, 0.05) is 11.5 Å². The van der Waals surface area contributed by atoms with Gasteiger partial charge in [-0.3, -0.25) is 14.9 Å². The maximum Gasteiger partial charge on any atom is 0.280 e. The highest BCUT2D eigenvalue weighted by molar-refractivity contribution is 6.04. The van der Waals surface area contributed by atoms with Crippen LogP contribution in [0.1, 0.15) is 48.9 Å². The Kier molecular flexibility index (Phi) is 2.72. The van der Waals surface area contributed by atoms with Crippen molar-refractivity contribution in [3.63, 3.8) is 0 Å². The first kappa shape index (κ1) is 13.0. The van der Waals surface area contributed by atoms with E-state index in [1.807, 2.05) is 0 Å². The molecule has 0 saturated heterocycles. The minimum absolute atomic E-state index is 0.0294. The summed E-state index contributed by atoms with van der Waals surface area (Å²) in [5.41, 5.74) is -0.0105. The predicted octanol–water partition coefficient (Wildman–Crippen LogP) is 3.99. The predicted molar refractivity (Wildman–Crippen MR) is 78.0 cm³/mol. The maximum atomic E-state index is 13.1. The molecule has 4 saturated carbocycles. The van der Waals surface area contributed by atoms with Gasteiger partial charge in [-0.2, -0.15) is 0 Å². The fourth-order valence-corrected chi connectivity index (χ4v) is 5.50. The summed E-state index contributed by atoms with van der Waals surface area (Å²) in [5.74, 6) is 2.04.